The third-order valence-electron chi connectivity index (χ3n) is 0. The Morgan fingerprint density at radius 1 is 1.60 bits per heavy atom. The van der Waals surface area contributed by atoms with E-state index in [-0.39, 0.29) is 44.1 Å². The van der Waals surface area contributed by atoms with E-state index < -0.39 is 0 Å². The van der Waals surface area contributed by atoms with Gasteiger partial charge >= 0.3 is 0 Å². The van der Waals surface area contributed by atoms with Crippen molar-refractivity contribution < 1.29 is 49.3 Å². The molecule has 0 aromatic heterocycles. The van der Waals surface area contributed by atoms with Crippen molar-refractivity contribution in [3.05, 3.63) is 4.91 Å². The first kappa shape index (κ1) is 16.9. The predicted octanol–water partition coefficient (Wildman–Crippen LogP) is 0.137. The second kappa shape index (κ2) is 21.0. The summed E-state index contributed by atoms with van der Waals surface area (Å²) in [5, 5.41) is 7.89. The molecule has 0 saturated heterocycles. The van der Waals surface area contributed by atoms with Gasteiger partial charge < -0.3 is 5.21 Å². The Morgan fingerprint density at radius 3 is 1.60 bits per heavy atom. The smallest absolute Gasteiger partial charge is 0.152 e. The molecule has 0 fully saturated rings. The summed E-state index contributed by atoms with van der Waals surface area (Å²) in [6.07, 6.45) is 0. The minimum atomic E-state index is 0. The molecule has 0 aromatic carbocycles. The summed E-state index contributed by atoms with van der Waals surface area (Å²) in [6, 6.07) is 0. The number of nitrogens with zero attached hydrogens (tertiary/aromatic N) is 1. The van der Waals surface area contributed by atoms with Gasteiger partial charge in [0.2, 0.25) is 0 Å². The summed E-state index contributed by atoms with van der Waals surface area (Å²) in [7, 11) is 0. The van der Waals surface area contributed by atoms with E-state index in [0.717, 1.165) is 0 Å². The van der Waals surface area contributed by atoms with Crippen molar-refractivity contribution >= 4 is 0 Å². The number of rotatable bonds is 0. The van der Waals surface area contributed by atoms with E-state index in [4.69, 9.17) is 10.1 Å². The van der Waals surface area contributed by atoms with Crippen LogP contribution in [-0.4, -0.2) is 5.21 Å². The van der Waals surface area contributed by atoms with Crippen LogP contribution in [0.4, 0.5) is 0 Å². The average molecular weight is 292 g/mol. The molecule has 0 amide bonds. The van der Waals surface area contributed by atoms with Crippen molar-refractivity contribution in [2.75, 3.05) is 0 Å². The van der Waals surface area contributed by atoms with Gasteiger partial charge in [-0.05, 0) is 0 Å². The number of hydrogen-bond acceptors (Lipinski definition) is 2. The van der Waals surface area contributed by atoms with Crippen LogP contribution in [0.1, 0.15) is 0 Å². The van der Waals surface area contributed by atoms with Crippen molar-refractivity contribution in [2.45, 2.75) is 0 Å². The minimum absolute atomic E-state index is 0. The summed E-state index contributed by atoms with van der Waals surface area (Å²) in [4.78, 5) is 8.11. The molecule has 0 atom stereocenters. The Kier molecular flexibility index (Phi) is 71.0. The Labute approximate surface area is 59.5 Å². The second-order valence-corrected chi connectivity index (χ2v) is 0.0816. The van der Waals surface area contributed by atoms with Gasteiger partial charge in [0, 0.05) is 44.1 Å². The molecule has 0 saturated carbocycles. The molecule has 0 aliphatic rings. The van der Waals surface area contributed by atoms with Gasteiger partial charge in [0.05, 0.1) is 0 Å². The third kappa shape index (κ3) is 54.2. The van der Waals surface area contributed by atoms with E-state index in [1.165, 1.54) is 5.34 Å². The van der Waals surface area contributed by atoms with Crippen LogP contribution >= 0.6 is 0 Å². The van der Waals surface area contributed by atoms with Gasteiger partial charge in [-0.15, -0.1) is 4.91 Å². The largest absolute Gasteiger partial charge is 0.379 e. The monoisotopic (exact) mass is 292 g/mol. The molecule has 0 aromatic rings. The van der Waals surface area contributed by atoms with Gasteiger partial charge in [-0.1, -0.05) is 0 Å². The fourth-order valence-electron chi connectivity index (χ4n) is 0. The topological polar surface area (TPSA) is 49.7 Å². The molecule has 0 unspecified atom stereocenters. The van der Waals surface area contributed by atoms with E-state index in [1.54, 1.807) is 0 Å². The first-order valence-corrected chi connectivity index (χ1v) is 0.383. The van der Waals surface area contributed by atoms with Gasteiger partial charge in [0.25, 0.3) is 0 Å². The summed E-state index contributed by atoms with van der Waals surface area (Å²) in [5.41, 5.74) is 0. The molecule has 0 aliphatic carbocycles. The Hall–Kier alpha value is 0.855. The molecule has 5 heavy (non-hydrogen) atoms. The summed E-state index contributed by atoms with van der Waals surface area (Å²) in [5.74, 6) is 0. The Morgan fingerprint density at radius 2 is 1.60 bits per heavy atom. The van der Waals surface area contributed by atoms with Crippen molar-refractivity contribution in [1.82, 2.24) is 0 Å². The van der Waals surface area contributed by atoms with Gasteiger partial charge in [-0.2, -0.15) is 0 Å². The van der Waals surface area contributed by atoms with Crippen molar-refractivity contribution in [2.24, 2.45) is 5.34 Å². The second-order valence-electron chi connectivity index (χ2n) is 0.0816. The first-order chi connectivity index (χ1) is 1.41. The Bertz CT molecular complexity index is 17.1. The quantitative estimate of drug-likeness (QED) is 0.392. The van der Waals surface area contributed by atoms with Gasteiger partial charge in [-0.3, -0.25) is 0 Å². The van der Waals surface area contributed by atoms with E-state index in [9.17, 15) is 0 Å². The third-order valence-corrected chi connectivity index (χ3v) is 0. The van der Waals surface area contributed by atoms with E-state index in [0.29, 0.717) is 0 Å². The molecule has 0 aliphatic heterocycles. The van der Waals surface area contributed by atoms with Crippen LogP contribution in [0.25, 0.3) is 0 Å². The summed E-state index contributed by atoms with van der Waals surface area (Å²) >= 11 is 0. The molecule has 1 radical (unpaired) electrons. The zero-order valence-corrected chi connectivity index (χ0v) is 5.83. The SMILES string of the molecule is O=NO.[Au].[Ti]. The normalized spacial score (nSPS) is 2.40. The van der Waals surface area contributed by atoms with Crippen molar-refractivity contribution in [1.29, 1.82) is 0 Å². The van der Waals surface area contributed by atoms with Gasteiger partial charge in [0.15, 0.2) is 5.34 Å². The van der Waals surface area contributed by atoms with Crippen LogP contribution in [0.5, 0.6) is 0 Å². The van der Waals surface area contributed by atoms with Gasteiger partial charge in [-0.25, -0.2) is 0 Å². The summed E-state index contributed by atoms with van der Waals surface area (Å²) < 4.78 is 0. The van der Waals surface area contributed by atoms with Crippen LogP contribution in [0.15, 0.2) is 5.34 Å². The molecule has 33 valence electrons. The maximum atomic E-state index is 8.11. The van der Waals surface area contributed by atoms with Crippen LogP contribution in [0.3, 0.4) is 0 Å². The number of hydrogen-bond donors (Lipinski definition) is 1. The van der Waals surface area contributed by atoms with Crippen LogP contribution in [-0.2, 0) is 44.1 Å². The van der Waals surface area contributed by atoms with E-state index >= 15 is 0 Å². The fourth-order valence-corrected chi connectivity index (χ4v) is 0. The van der Waals surface area contributed by atoms with E-state index in [1.807, 2.05) is 0 Å². The van der Waals surface area contributed by atoms with Crippen molar-refractivity contribution in [3.8, 4) is 0 Å². The molecule has 1 N–H and O–H groups in total. The fraction of sp³-hybridized carbons (Fsp3) is 0. The first-order valence-electron chi connectivity index (χ1n) is 0.383. The Balaban J connectivity index is -0.0000000200. The molecular weight excluding hydrogens is 291 g/mol. The van der Waals surface area contributed by atoms with Crippen LogP contribution in [0.2, 0.25) is 0 Å². The molecule has 3 nitrogen and oxygen atoms in total. The molecule has 0 heterocycles. The zero-order chi connectivity index (χ0) is 2.71. The van der Waals surface area contributed by atoms with Crippen LogP contribution in [0, 0.1) is 4.91 Å². The molecule has 0 bridgehead atoms. The maximum absolute atomic E-state index is 8.11. The minimum Gasteiger partial charge on any atom is -0.379 e. The van der Waals surface area contributed by atoms with E-state index in [2.05, 4.69) is 0 Å². The molecule has 5 heteroatoms. The molecule has 0 spiro atoms. The predicted molar refractivity (Wildman–Crippen MR) is 7.58 cm³/mol. The summed E-state index contributed by atoms with van der Waals surface area (Å²) in [6.45, 7) is 0. The molecule has 0 rings (SSSR count). The zero-order valence-electron chi connectivity index (χ0n) is 2.10. The van der Waals surface area contributed by atoms with Crippen LogP contribution < -0.4 is 0 Å². The average Bonchev–Trinajstić information content (AvgIpc) is 0.918. The standard InChI is InChI=1S/Au.HNO2.Ti/c;2-1-3;/h;(H,2,3);. The molecular formula is HAuNO2Ti. The maximum Gasteiger partial charge on any atom is 0.152 e. The van der Waals surface area contributed by atoms with Crippen molar-refractivity contribution in [3.63, 3.8) is 0 Å². The van der Waals surface area contributed by atoms with Gasteiger partial charge in [0.1, 0.15) is 0 Å².